The Kier molecular flexibility index (Phi) is 5.40. The van der Waals surface area contributed by atoms with Gasteiger partial charge in [-0.2, -0.15) is 5.26 Å². The monoisotopic (exact) mass is 184 g/mol. The fraction of sp³-hybridized carbons (Fsp3) is 0.111. The Hall–Kier alpha value is -0.820. The van der Waals surface area contributed by atoms with Gasteiger partial charge in [-0.3, -0.25) is 4.79 Å². The molecule has 1 amide bonds. The fourth-order valence-electron chi connectivity index (χ4n) is 0.948. The maximum atomic E-state index is 10.7. The molecule has 0 heterocycles. The molecule has 0 radical (unpaired) electrons. The molecule has 0 fully saturated rings. The first-order chi connectivity index (χ1) is 5.75. The SMILES string of the molecule is N#CC(C(N)=O)c1ccccc1.[NaH]. The van der Waals surface area contributed by atoms with Gasteiger partial charge in [-0.15, -0.1) is 0 Å². The number of nitriles is 1. The second kappa shape index (κ2) is 5.76. The molecule has 13 heavy (non-hydrogen) atoms. The fourth-order valence-corrected chi connectivity index (χ4v) is 0.948. The molecule has 0 aromatic heterocycles. The summed E-state index contributed by atoms with van der Waals surface area (Å²) in [6, 6.07) is 10.6. The molecule has 0 aliphatic heterocycles. The molecule has 0 aliphatic rings. The minimum absolute atomic E-state index is 0. The molecule has 1 atom stereocenters. The number of hydrogen-bond donors (Lipinski definition) is 1. The summed E-state index contributed by atoms with van der Waals surface area (Å²) in [4.78, 5) is 10.7. The number of carbonyl (C=O) groups excluding carboxylic acids is 1. The number of nitrogens with zero attached hydrogens (tertiary/aromatic N) is 1. The van der Waals surface area contributed by atoms with Gasteiger partial charge >= 0.3 is 29.6 Å². The van der Waals surface area contributed by atoms with E-state index in [1.165, 1.54) is 0 Å². The molecule has 0 spiro atoms. The number of benzene rings is 1. The number of hydrogen-bond acceptors (Lipinski definition) is 2. The molecule has 4 heteroatoms. The summed E-state index contributed by atoms with van der Waals surface area (Å²) in [7, 11) is 0. The van der Waals surface area contributed by atoms with Gasteiger partial charge in [-0.25, -0.2) is 0 Å². The third-order valence-electron chi connectivity index (χ3n) is 1.55. The minimum atomic E-state index is -0.828. The first-order valence-electron chi connectivity index (χ1n) is 3.49. The topological polar surface area (TPSA) is 66.9 Å². The second-order valence-electron chi connectivity index (χ2n) is 2.38. The van der Waals surface area contributed by atoms with Crippen molar-refractivity contribution in [2.45, 2.75) is 5.92 Å². The number of amides is 1. The maximum absolute atomic E-state index is 10.7. The van der Waals surface area contributed by atoms with Crippen LogP contribution in [0.25, 0.3) is 0 Å². The summed E-state index contributed by atoms with van der Waals surface area (Å²) in [6.45, 7) is 0. The molecule has 0 saturated carbocycles. The zero-order chi connectivity index (χ0) is 8.97. The Morgan fingerprint density at radius 3 is 2.31 bits per heavy atom. The zero-order valence-corrected chi connectivity index (χ0v) is 6.40. The van der Waals surface area contributed by atoms with Gasteiger partial charge in [0.15, 0.2) is 0 Å². The number of primary amides is 1. The number of carbonyl (C=O) groups is 1. The van der Waals surface area contributed by atoms with E-state index in [9.17, 15) is 4.79 Å². The first kappa shape index (κ1) is 12.2. The molecule has 3 nitrogen and oxygen atoms in total. The summed E-state index contributed by atoms with van der Waals surface area (Å²) in [5.74, 6) is -1.44. The van der Waals surface area contributed by atoms with Crippen molar-refractivity contribution in [2.24, 2.45) is 5.73 Å². The van der Waals surface area contributed by atoms with Crippen molar-refractivity contribution in [3.05, 3.63) is 35.9 Å². The summed E-state index contributed by atoms with van der Waals surface area (Å²) in [5.41, 5.74) is 5.66. The van der Waals surface area contributed by atoms with Gasteiger partial charge in [-0.1, -0.05) is 30.3 Å². The number of rotatable bonds is 2. The summed E-state index contributed by atoms with van der Waals surface area (Å²) in [6.07, 6.45) is 0. The zero-order valence-electron chi connectivity index (χ0n) is 6.40. The van der Waals surface area contributed by atoms with Crippen molar-refractivity contribution in [2.75, 3.05) is 0 Å². The van der Waals surface area contributed by atoms with Gasteiger partial charge < -0.3 is 5.73 Å². The van der Waals surface area contributed by atoms with Crippen LogP contribution in [0.2, 0.25) is 0 Å². The number of nitrogens with two attached hydrogens (primary N) is 1. The van der Waals surface area contributed by atoms with E-state index in [0.717, 1.165) is 0 Å². The Morgan fingerprint density at radius 1 is 1.38 bits per heavy atom. The molecule has 2 N–H and O–H groups in total. The van der Waals surface area contributed by atoms with E-state index >= 15 is 0 Å². The van der Waals surface area contributed by atoms with E-state index < -0.39 is 11.8 Å². The van der Waals surface area contributed by atoms with Crippen LogP contribution in [0.15, 0.2) is 30.3 Å². The van der Waals surface area contributed by atoms with E-state index in [0.29, 0.717) is 5.56 Å². The Morgan fingerprint density at radius 2 is 1.92 bits per heavy atom. The van der Waals surface area contributed by atoms with Gasteiger partial charge in [0.25, 0.3) is 0 Å². The summed E-state index contributed by atoms with van der Waals surface area (Å²) in [5, 5.41) is 8.60. The van der Waals surface area contributed by atoms with Gasteiger partial charge in [-0.05, 0) is 5.56 Å². The molecular formula is C9H9N2NaO. The van der Waals surface area contributed by atoms with Crippen molar-refractivity contribution in [1.29, 1.82) is 5.26 Å². The molecule has 1 unspecified atom stereocenters. The van der Waals surface area contributed by atoms with Gasteiger partial charge in [0, 0.05) is 0 Å². The predicted molar refractivity (Wildman–Crippen MR) is 51.1 cm³/mol. The van der Waals surface area contributed by atoms with Gasteiger partial charge in [0.2, 0.25) is 5.91 Å². The molecule has 1 rings (SSSR count). The van der Waals surface area contributed by atoms with Crippen LogP contribution in [0, 0.1) is 11.3 Å². The van der Waals surface area contributed by atoms with Gasteiger partial charge in [0.1, 0.15) is 5.92 Å². The average Bonchev–Trinajstić information content (AvgIpc) is 2.07. The van der Waals surface area contributed by atoms with Crippen molar-refractivity contribution in [1.82, 2.24) is 0 Å². The van der Waals surface area contributed by atoms with E-state index in [2.05, 4.69) is 0 Å². The van der Waals surface area contributed by atoms with Crippen LogP contribution in [0.4, 0.5) is 0 Å². The van der Waals surface area contributed by atoms with Crippen LogP contribution in [0.3, 0.4) is 0 Å². The first-order valence-corrected chi connectivity index (χ1v) is 3.49. The Labute approximate surface area is 98.8 Å². The summed E-state index contributed by atoms with van der Waals surface area (Å²) < 4.78 is 0. The molecule has 62 valence electrons. The van der Waals surface area contributed by atoms with E-state index in [1.807, 2.05) is 12.1 Å². The van der Waals surface area contributed by atoms with Crippen molar-refractivity contribution < 1.29 is 4.79 Å². The molecule has 0 bridgehead atoms. The van der Waals surface area contributed by atoms with Crippen LogP contribution < -0.4 is 5.73 Å². The quantitative estimate of drug-likeness (QED) is 0.664. The van der Waals surface area contributed by atoms with Crippen LogP contribution in [-0.4, -0.2) is 35.5 Å². The average molecular weight is 184 g/mol. The van der Waals surface area contributed by atoms with Gasteiger partial charge in [0.05, 0.1) is 6.07 Å². The third-order valence-corrected chi connectivity index (χ3v) is 1.55. The van der Waals surface area contributed by atoms with E-state index in [-0.39, 0.29) is 29.6 Å². The second-order valence-corrected chi connectivity index (χ2v) is 2.38. The van der Waals surface area contributed by atoms with E-state index in [4.69, 9.17) is 11.0 Å². The molecular weight excluding hydrogens is 175 g/mol. The van der Waals surface area contributed by atoms with Crippen molar-refractivity contribution in [3.63, 3.8) is 0 Å². The molecule has 0 saturated heterocycles. The predicted octanol–water partition coefficient (Wildman–Crippen LogP) is 0.131. The molecule has 0 aliphatic carbocycles. The van der Waals surface area contributed by atoms with Crippen LogP contribution in [0.5, 0.6) is 0 Å². The van der Waals surface area contributed by atoms with Crippen LogP contribution in [-0.2, 0) is 4.79 Å². The standard InChI is InChI=1S/C9H8N2O.Na.H/c10-6-8(9(11)12)7-4-2-1-3-5-7;;/h1-5,8H,(H2,11,12);;. The Balaban J connectivity index is 0.00000144. The normalized spacial score (nSPS) is 10.7. The van der Waals surface area contributed by atoms with Crippen LogP contribution in [0.1, 0.15) is 11.5 Å². The third kappa shape index (κ3) is 3.19. The van der Waals surface area contributed by atoms with Crippen LogP contribution >= 0.6 is 0 Å². The van der Waals surface area contributed by atoms with Crippen molar-refractivity contribution >= 4 is 35.5 Å². The van der Waals surface area contributed by atoms with E-state index in [1.54, 1.807) is 24.3 Å². The van der Waals surface area contributed by atoms with Crippen molar-refractivity contribution in [3.8, 4) is 6.07 Å². The summed E-state index contributed by atoms with van der Waals surface area (Å²) >= 11 is 0. The molecule has 1 aromatic rings. The molecule has 1 aromatic carbocycles. The Bertz CT molecular complexity index is 318.